The predicted molar refractivity (Wildman–Crippen MR) is 168 cm³/mol. The van der Waals surface area contributed by atoms with E-state index in [1.165, 1.54) is 0 Å². The van der Waals surface area contributed by atoms with E-state index in [1.54, 1.807) is 0 Å². The number of rotatable bonds is 28. The molecule has 0 heterocycles. The number of carbonyl (C=O) groups is 2. The van der Waals surface area contributed by atoms with Gasteiger partial charge in [0.05, 0.1) is 12.1 Å². The van der Waals surface area contributed by atoms with Crippen LogP contribution in [-0.4, -0.2) is 94.2 Å². The zero-order valence-corrected chi connectivity index (χ0v) is 29.6. The first-order valence-corrected chi connectivity index (χ1v) is 19.8. The van der Waals surface area contributed by atoms with Gasteiger partial charge in [0.15, 0.2) is 0 Å². The van der Waals surface area contributed by atoms with Gasteiger partial charge in [-0.05, 0) is 81.1 Å². The first kappa shape index (κ1) is 40.7. The molecule has 0 spiro atoms. The summed E-state index contributed by atoms with van der Waals surface area (Å²) in [5, 5.41) is 14.6. The van der Waals surface area contributed by atoms with Gasteiger partial charge in [0.1, 0.15) is 0 Å². The molecule has 248 valence electrons. The minimum atomic E-state index is -2.68. The van der Waals surface area contributed by atoms with E-state index in [1.807, 2.05) is 55.4 Å². The van der Waals surface area contributed by atoms with Crippen molar-refractivity contribution in [2.75, 3.05) is 52.7 Å². The Labute approximate surface area is 257 Å². The molecule has 0 bridgehead atoms. The van der Waals surface area contributed by atoms with Crippen molar-refractivity contribution in [3.8, 4) is 0 Å². The van der Waals surface area contributed by atoms with Crippen molar-refractivity contribution >= 4 is 29.4 Å². The molecule has 2 unspecified atom stereocenters. The molecular formula is C28H60N4O8Si2. The number of hydrogen-bond donors (Lipinski definition) is 2. The minimum absolute atomic E-state index is 0.0121. The highest BCUT2D eigenvalue weighted by atomic mass is 28.4. The van der Waals surface area contributed by atoms with Gasteiger partial charge in [-0.3, -0.25) is 9.59 Å². The van der Waals surface area contributed by atoms with Crippen LogP contribution in [0.3, 0.4) is 0 Å². The fraction of sp³-hybridized carbons (Fsp3) is 0.929. The molecule has 2 amide bonds. The molecule has 2 N–H and O–H groups in total. The van der Waals surface area contributed by atoms with Crippen LogP contribution in [-0.2, 0) is 36.1 Å². The van der Waals surface area contributed by atoms with Crippen LogP contribution in [0.5, 0.6) is 0 Å². The molecular weight excluding hydrogens is 577 g/mol. The lowest BCUT2D eigenvalue weighted by atomic mass is 10.2. The van der Waals surface area contributed by atoms with E-state index >= 15 is 0 Å². The van der Waals surface area contributed by atoms with Crippen molar-refractivity contribution in [2.24, 2.45) is 10.2 Å². The van der Waals surface area contributed by atoms with E-state index < -0.39 is 17.6 Å². The number of nitrogens with one attached hydrogen (secondary N) is 2. The smallest absolute Gasteiger partial charge is 0.374 e. The van der Waals surface area contributed by atoms with E-state index in [4.69, 9.17) is 26.6 Å². The molecule has 0 aromatic carbocycles. The number of hydrogen-bond acceptors (Lipinski definition) is 10. The topological polar surface area (TPSA) is 138 Å². The van der Waals surface area contributed by atoms with Crippen molar-refractivity contribution < 1.29 is 36.1 Å². The van der Waals surface area contributed by atoms with Crippen LogP contribution in [0.2, 0.25) is 12.1 Å². The van der Waals surface area contributed by atoms with Crippen LogP contribution < -0.4 is 10.6 Å². The van der Waals surface area contributed by atoms with Crippen molar-refractivity contribution in [3.05, 3.63) is 0 Å². The van der Waals surface area contributed by atoms with Crippen LogP contribution in [0.15, 0.2) is 10.2 Å². The number of nitrogens with zero attached hydrogens (tertiary/aromatic N) is 2. The fourth-order valence-electron chi connectivity index (χ4n) is 4.27. The molecule has 0 aliphatic carbocycles. The largest absolute Gasteiger partial charge is 0.500 e. The molecule has 0 rings (SSSR count). The van der Waals surface area contributed by atoms with E-state index in [-0.39, 0.29) is 23.9 Å². The molecule has 0 aliphatic heterocycles. The second kappa shape index (κ2) is 25.1. The summed E-state index contributed by atoms with van der Waals surface area (Å²) in [5.41, 5.74) is 0. The molecule has 0 aromatic rings. The summed E-state index contributed by atoms with van der Waals surface area (Å²) in [6, 6.07) is 1.18. The van der Waals surface area contributed by atoms with Gasteiger partial charge < -0.3 is 37.2 Å². The Balaban J connectivity index is 4.26. The van der Waals surface area contributed by atoms with Crippen molar-refractivity contribution in [3.63, 3.8) is 0 Å². The quantitative estimate of drug-likeness (QED) is 0.0704. The maximum absolute atomic E-state index is 12.3. The highest BCUT2D eigenvalue weighted by Crippen LogP contribution is 2.19. The lowest BCUT2D eigenvalue weighted by molar-refractivity contribution is -0.122. The zero-order chi connectivity index (χ0) is 31.7. The lowest BCUT2D eigenvalue weighted by Crippen LogP contribution is -2.46. The maximum atomic E-state index is 12.3. The first-order chi connectivity index (χ1) is 20.1. The Morgan fingerprint density at radius 3 is 1.12 bits per heavy atom. The SMILES string of the molecule is CCO[Si](CCCNC(=O)CCC(C)N=NC(C)CCC(=O)NCCC[Si](OCC)(OCC)OCC)(OCC)OCC. The minimum Gasteiger partial charge on any atom is -0.374 e. The molecule has 0 aromatic heterocycles. The molecule has 0 fully saturated rings. The summed E-state index contributed by atoms with van der Waals surface area (Å²) >= 11 is 0. The summed E-state index contributed by atoms with van der Waals surface area (Å²) in [6.07, 6.45) is 3.43. The van der Waals surface area contributed by atoms with Crippen LogP contribution >= 0.6 is 0 Å². The Hall–Kier alpha value is -1.27. The lowest BCUT2D eigenvalue weighted by Gasteiger charge is -2.28. The summed E-state index contributed by atoms with van der Waals surface area (Å²) in [4.78, 5) is 24.6. The summed E-state index contributed by atoms with van der Waals surface area (Å²) in [5.74, 6) is -0.0242. The van der Waals surface area contributed by atoms with Gasteiger partial charge in [-0.1, -0.05) is 0 Å². The van der Waals surface area contributed by atoms with Crippen LogP contribution in [0.4, 0.5) is 0 Å². The molecule has 14 heteroatoms. The third kappa shape index (κ3) is 19.1. The molecule has 0 saturated carbocycles. The van der Waals surface area contributed by atoms with Crippen molar-refractivity contribution in [1.29, 1.82) is 0 Å². The number of azo groups is 1. The van der Waals surface area contributed by atoms with Crippen molar-refractivity contribution in [2.45, 2.75) is 118 Å². The molecule has 0 saturated heterocycles. The van der Waals surface area contributed by atoms with E-state index in [9.17, 15) is 9.59 Å². The van der Waals surface area contributed by atoms with Gasteiger partial charge in [-0.15, -0.1) is 0 Å². The van der Waals surface area contributed by atoms with Gasteiger partial charge >= 0.3 is 17.6 Å². The second-order valence-electron chi connectivity index (χ2n) is 9.88. The Morgan fingerprint density at radius 1 is 0.571 bits per heavy atom. The van der Waals surface area contributed by atoms with E-state index in [0.29, 0.717) is 90.5 Å². The summed E-state index contributed by atoms with van der Waals surface area (Å²) in [7, 11) is -5.36. The molecule has 0 radical (unpaired) electrons. The van der Waals surface area contributed by atoms with Gasteiger partial charge in [0.25, 0.3) is 0 Å². The maximum Gasteiger partial charge on any atom is 0.500 e. The Morgan fingerprint density at radius 2 is 0.857 bits per heavy atom. The highest BCUT2D eigenvalue weighted by Gasteiger charge is 2.40. The standard InChI is InChI=1S/C28H60N4O8Si2/c1-9-35-41(36-10-2,37-11-3)23-15-21-29-27(33)19-17-25(7)31-32-26(8)18-20-28(34)30-22-16-24-42(38-12-4,39-13-5)40-14-6/h25-26H,9-24H2,1-8H3,(H,29,33)(H,30,34). The molecule has 0 aliphatic rings. The van der Waals surface area contributed by atoms with Gasteiger partial charge in [-0.25, -0.2) is 0 Å². The number of amides is 2. The summed E-state index contributed by atoms with van der Waals surface area (Å²) in [6.45, 7) is 19.8. The van der Waals surface area contributed by atoms with Crippen LogP contribution in [0, 0.1) is 0 Å². The monoisotopic (exact) mass is 636 g/mol. The van der Waals surface area contributed by atoms with Gasteiger partial charge in [-0.2, -0.15) is 10.2 Å². The average molecular weight is 637 g/mol. The first-order valence-electron chi connectivity index (χ1n) is 15.9. The van der Waals surface area contributed by atoms with E-state index in [0.717, 1.165) is 12.8 Å². The third-order valence-electron chi connectivity index (χ3n) is 6.19. The third-order valence-corrected chi connectivity index (χ3v) is 12.5. The highest BCUT2D eigenvalue weighted by molar-refractivity contribution is 6.61. The van der Waals surface area contributed by atoms with E-state index in [2.05, 4.69) is 20.9 Å². The number of carbonyl (C=O) groups excluding carboxylic acids is 2. The van der Waals surface area contributed by atoms with Gasteiger partial charge in [0, 0.05) is 77.7 Å². The normalized spacial score (nSPS) is 13.8. The Kier molecular flexibility index (Phi) is 24.3. The predicted octanol–water partition coefficient (Wildman–Crippen LogP) is 4.89. The average Bonchev–Trinajstić information content (AvgIpc) is 2.95. The van der Waals surface area contributed by atoms with Crippen molar-refractivity contribution in [1.82, 2.24) is 10.6 Å². The molecule has 2 atom stereocenters. The summed E-state index contributed by atoms with van der Waals surface area (Å²) < 4.78 is 35.1. The molecule has 42 heavy (non-hydrogen) atoms. The second-order valence-corrected chi connectivity index (χ2v) is 15.3. The zero-order valence-electron chi connectivity index (χ0n) is 27.6. The van der Waals surface area contributed by atoms with Gasteiger partial charge in [0.2, 0.25) is 11.8 Å². The van der Waals surface area contributed by atoms with Crippen LogP contribution in [0.1, 0.15) is 93.9 Å². The van der Waals surface area contributed by atoms with Crippen LogP contribution in [0.25, 0.3) is 0 Å². The fourth-order valence-corrected chi connectivity index (χ4v) is 9.49. The Bertz CT molecular complexity index is 644. The molecule has 12 nitrogen and oxygen atoms in total.